The number of nitrogens with zero attached hydrogens (tertiary/aromatic N) is 7. The van der Waals surface area contributed by atoms with Gasteiger partial charge in [0.25, 0.3) is 0 Å². The highest BCUT2D eigenvalue weighted by atomic mass is 15.4. The van der Waals surface area contributed by atoms with Crippen LogP contribution in [0.5, 0.6) is 0 Å². The summed E-state index contributed by atoms with van der Waals surface area (Å²) >= 11 is 0. The van der Waals surface area contributed by atoms with Gasteiger partial charge in [0.2, 0.25) is 0 Å². The van der Waals surface area contributed by atoms with E-state index >= 15 is 0 Å². The van der Waals surface area contributed by atoms with E-state index in [0.717, 1.165) is 61.4 Å². The van der Waals surface area contributed by atoms with Crippen molar-refractivity contribution in [2.45, 2.75) is 52.4 Å². The van der Waals surface area contributed by atoms with Gasteiger partial charge in [-0.05, 0) is 93.7 Å². The monoisotopic (exact) mass is 933 g/mol. The molecule has 12 rings (SSSR count). The normalized spacial score (nSPS) is 12.8. The number of hydrogen-bond donors (Lipinski definition) is 0. The van der Waals surface area contributed by atoms with Crippen molar-refractivity contribution in [3.8, 4) is 62.2 Å². The predicted molar refractivity (Wildman–Crippen MR) is 299 cm³/mol. The molecule has 0 amide bonds. The van der Waals surface area contributed by atoms with Gasteiger partial charge in [-0.1, -0.05) is 187 Å². The van der Waals surface area contributed by atoms with Crippen molar-refractivity contribution in [2.24, 2.45) is 0 Å². The van der Waals surface area contributed by atoms with Gasteiger partial charge in [-0.2, -0.15) is 0 Å². The first kappa shape index (κ1) is 44.5. The zero-order valence-corrected chi connectivity index (χ0v) is 41.5. The molecule has 3 aromatic heterocycles. The number of para-hydroxylation sites is 3. The highest BCUT2D eigenvalue weighted by Gasteiger charge is 2.33. The molecule has 0 radical (unpaired) electrons. The Morgan fingerprint density at radius 2 is 0.903 bits per heavy atom. The van der Waals surface area contributed by atoms with Gasteiger partial charge in [0.1, 0.15) is 12.5 Å². The average Bonchev–Trinajstić information content (AvgIpc) is 3.97. The van der Waals surface area contributed by atoms with E-state index in [4.69, 9.17) is 19.9 Å². The standard InChI is InChI=1S/C65H55N7/c1-64(2,3)48-35-36-66-59(41-48)72-55-30-17-16-29-51(55)52-34-33-47(38-58(52)72)63-68-61(45-25-14-9-15-26-45)67-62(69-63)46-27-20-28-50(37-46)70-42-71(57-32-19-18-31-56(57)70)60-53(43-21-10-7-11-22-43)39-49(65(4,5)6)40-54(60)44-23-12-8-13-24-44/h7-41H,42H2,1-6H3. The number of pyridine rings is 1. The first-order valence-electron chi connectivity index (χ1n) is 24.8. The van der Waals surface area contributed by atoms with Crippen molar-refractivity contribution in [2.75, 3.05) is 16.5 Å². The third kappa shape index (κ3) is 8.07. The van der Waals surface area contributed by atoms with Crippen LogP contribution in [0.25, 0.3) is 84.0 Å². The van der Waals surface area contributed by atoms with Crippen molar-refractivity contribution in [1.82, 2.24) is 24.5 Å². The lowest BCUT2D eigenvalue weighted by atomic mass is 9.82. The Balaban J connectivity index is 0.993. The van der Waals surface area contributed by atoms with Crippen LogP contribution in [-0.4, -0.2) is 31.2 Å². The molecule has 0 atom stereocenters. The summed E-state index contributed by atoms with van der Waals surface area (Å²) in [6.07, 6.45) is 1.92. The molecule has 0 saturated heterocycles. The molecule has 0 spiro atoms. The summed E-state index contributed by atoms with van der Waals surface area (Å²) in [6, 6.07) is 73.5. The Morgan fingerprint density at radius 3 is 1.53 bits per heavy atom. The van der Waals surface area contributed by atoms with E-state index in [2.05, 4.69) is 244 Å². The van der Waals surface area contributed by atoms with E-state index in [1.54, 1.807) is 0 Å². The van der Waals surface area contributed by atoms with Crippen molar-refractivity contribution in [1.29, 1.82) is 0 Å². The van der Waals surface area contributed by atoms with E-state index in [1.165, 1.54) is 39.1 Å². The van der Waals surface area contributed by atoms with Crippen LogP contribution in [0.1, 0.15) is 52.7 Å². The lowest BCUT2D eigenvalue weighted by Gasteiger charge is -2.30. The Morgan fingerprint density at radius 1 is 0.389 bits per heavy atom. The SMILES string of the molecule is CC(C)(C)c1ccnc(-n2c3ccccc3c3ccc(-c4nc(-c5ccccc5)nc(-c5cccc(N6CN(c7c(-c8ccccc8)cc(C(C)(C)C)cc7-c7ccccc7)c7ccccc76)c5)n4)cc32)c1. The Kier molecular flexibility index (Phi) is 10.9. The van der Waals surface area contributed by atoms with Gasteiger partial charge >= 0.3 is 0 Å². The largest absolute Gasteiger partial charge is 0.321 e. The second-order valence-electron chi connectivity index (χ2n) is 20.8. The zero-order valence-electron chi connectivity index (χ0n) is 41.5. The van der Waals surface area contributed by atoms with Crippen molar-refractivity contribution >= 4 is 44.6 Å². The summed E-state index contributed by atoms with van der Waals surface area (Å²) in [4.78, 5) is 25.6. The number of benzene rings is 8. The van der Waals surface area contributed by atoms with Crippen LogP contribution in [0.2, 0.25) is 0 Å². The van der Waals surface area contributed by atoms with Gasteiger partial charge < -0.3 is 9.80 Å². The van der Waals surface area contributed by atoms with Crippen molar-refractivity contribution < 1.29 is 0 Å². The Hall–Kier alpha value is -8.68. The molecule has 4 heterocycles. The van der Waals surface area contributed by atoms with Crippen LogP contribution in [-0.2, 0) is 10.8 Å². The molecule has 0 aliphatic carbocycles. The minimum absolute atomic E-state index is 0.0399. The fourth-order valence-corrected chi connectivity index (χ4v) is 10.2. The molecule has 7 heteroatoms. The lowest BCUT2D eigenvalue weighted by molar-refractivity contribution is 0.588. The van der Waals surface area contributed by atoms with Crippen LogP contribution in [0.15, 0.2) is 212 Å². The van der Waals surface area contributed by atoms with E-state index < -0.39 is 0 Å². The molecule has 0 fully saturated rings. The summed E-state index contributed by atoms with van der Waals surface area (Å²) in [7, 11) is 0. The van der Waals surface area contributed by atoms with E-state index in [9.17, 15) is 0 Å². The fourth-order valence-electron chi connectivity index (χ4n) is 10.2. The van der Waals surface area contributed by atoms with Gasteiger partial charge in [-0.15, -0.1) is 0 Å². The van der Waals surface area contributed by atoms with Gasteiger partial charge in [0.05, 0.1) is 28.1 Å². The molecule has 72 heavy (non-hydrogen) atoms. The Bertz CT molecular complexity index is 3750. The van der Waals surface area contributed by atoms with Gasteiger partial charge in [0, 0.05) is 50.5 Å². The minimum Gasteiger partial charge on any atom is -0.321 e. The fraction of sp³-hybridized carbons (Fsp3) is 0.138. The molecule has 8 aromatic carbocycles. The molecular formula is C65H55N7. The summed E-state index contributed by atoms with van der Waals surface area (Å²) in [6.45, 7) is 14.2. The number of hydrogen-bond acceptors (Lipinski definition) is 6. The minimum atomic E-state index is -0.0703. The number of rotatable bonds is 8. The maximum atomic E-state index is 5.33. The molecule has 0 unspecified atom stereocenters. The van der Waals surface area contributed by atoms with E-state index in [1.807, 2.05) is 24.4 Å². The molecular weight excluding hydrogens is 879 g/mol. The zero-order chi connectivity index (χ0) is 49.1. The van der Waals surface area contributed by atoms with Gasteiger partial charge in [-0.25, -0.2) is 19.9 Å². The topological polar surface area (TPSA) is 63.0 Å². The van der Waals surface area contributed by atoms with Crippen molar-refractivity contribution in [3.63, 3.8) is 0 Å². The van der Waals surface area contributed by atoms with Crippen LogP contribution < -0.4 is 9.80 Å². The molecule has 11 aromatic rings. The van der Waals surface area contributed by atoms with E-state index in [-0.39, 0.29) is 10.8 Å². The van der Waals surface area contributed by atoms with Crippen molar-refractivity contribution in [3.05, 3.63) is 224 Å². The predicted octanol–water partition coefficient (Wildman–Crippen LogP) is 16.5. The molecule has 1 aliphatic heterocycles. The number of anilines is 4. The highest BCUT2D eigenvalue weighted by molar-refractivity contribution is 6.10. The van der Waals surface area contributed by atoms with Crippen LogP contribution in [0.3, 0.4) is 0 Å². The number of aromatic nitrogens is 5. The van der Waals surface area contributed by atoms with Gasteiger partial charge in [0.15, 0.2) is 17.5 Å². The first-order chi connectivity index (χ1) is 35.0. The third-order valence-corrected chi connectivity index (χ3v) is 14.0. The summed E-state index contributed by atoms with van der Waals surface area (Å²) in [5.74, 6) is 2.68. The summed E-state index contributed by atoms with van der Waals surface area (Å²) in [5, 5.41) is 2.30. The second kappa shape index (κ2) is 17.6. The first-order valence-corrected chi connectivity index (χ1v) is 24.8. The maximum Gasteiger partial charge on any atom is 0.164 e. The van der Waals surface area contributed by atoms with Crippen LogP contribution in [0, 0.1) is 0 Å². The summed E-state index contributed by atoms with van der Waals surface area (Å²) < 4.78 is 2.27. The van der Waals surface area contributed by atoms with Crippen LogP contribution in [0.4, 0.5) is 22.7 Å². The van der Waals surface area contributed by atoms with E-state index in [0.29, 0.717) is 24.1 Å². The van der Waals surface area contributed by atoms with Gasteiger partial charge in [-0.3, -0.25) is 4.57 Å². The van der Waals surface area contributed by atoms with Crippen LogP contribution >= 0.6 is 0 Å². The number of fused-ring (bicyclic) bond motifs is 4. The molecule has 350 valence electrons. The second-order valence-corrected chi connectivity index (χ2v) is 20.8. The molecule has 7 nitrogen and oxygen atoms in total. The molecule has 1 aliphatic rings. The average molecular weight is 934 g/mol. The smallest absolute Gasteiger partial charge is 0.164 e. The Labute approximate surface area is 421 Å². The molecule has 0 bridgehead atoms. The lowest BCUT2D eigenvalue weighted by Crippen LogP contribution is -2.25. The highest BCUT2D eigenvalue weighted by Crippen LogP contribution is 2.51. The maximum absolute atomic E-state index is 5.33. The molecule has 0 saturated carbocycles. The molecule has 0 N–H and O–H groups in total. The summed E-state index contributed by atoms with van der Waals surface area (Å²) in [5.41, 5.74) is 16.5. The third-order valence-electron chi connectivity index (χ3n) is 14.0. The quantitative estimate of drug-likeness (QED) is 0.151.